The Hall–Kier alpha value is -2.24. The second kappa shape index (κ2) is 12.0. The molecule has 0 spiro atoms. The molecular formula is C24H30Cl2N2O3. The molecule has 0 bridgehead atoms. The van der Waals surface area contributed by atoms with Crippen molar-refractivity contribution in [3.05, 3.63) is 63.6 Å². The zero-order chi connectivity index (χ0) is 23.0. The normalized spacial score (nSPS) is 12.7. The summed E-state index contributed by atoms with van der Waals surface area (Å²) in [5.41, 5.74) is 1.89. The molecule has 2 rings (SSSR count). The summed E-state index contributed by atoms with van der Waals surface area (Å²) < 4.78 is 5.69. The van der Waals surface area contributed by atoms with Crippen molar-refractivity contribution in [3.8, 4) is 5.75 Å². The minimum absolute atomic E-state index is 0.0206. The number of aryl methyl sites for hydroxylation is 1. The number of benzene rings is 2. The fourth-order valence-electron chi connectivity index (χ4n) is 3.06. The Morgan fingerprint density at radius 1 is 1.03 bits per heavy atom. The maximum Gasteiger partial charge on any atom is 0.261 e. The van der Waals surface area contributed by atoms with Gasteiger partial charge in [-0.3, -0.25) is 9.59 Å². The molecule has 1 N–H and O–H groups in total. The summed E-state index contributed by atoms with van der Waals surface area (Å²) in [4.78, 5) is 27.6. The van der Waals surface area contributed by atoms with Crippen LogP contribution in [0.4, 0.5) is 0 Å². The summed E-state index contributed by atoms with van der Waals surface area (Å²) in [6.45, 7) is 7.86. The van der Waals surface area contributed by atoms with Crippen LogP contribution in [-0.2, 0) is 16.1 Å². The Morgan fingerprint density at radius 2 is 1.71 bits per heavy atom. The van der Waals surface area contributed by atoms with Gasteiger partial charge in [-0.15, -0.1) is 0 Å². The van der Waals surface area contributed by atoms with Gasteiger partial charge in [0.2, 0.25) is 5.91 Å². The molecule has 0 aromatic heterocycles. The summed E-state index contributed by atoms with van der Waals surface area (Å²) in [5, 5.41) is 3.82. The van der Waals surface area contributed by atoms with E-state index in [0.29, 0.717) is 22.2 Å². The molecule has 0 heterocycles. The number of halogens is 2. The van der Waals surface area contributed by atoms with E-state index in [0.717, 1.165) is 17.5 Å². The number of hydrogen-bond acceptors (Lipinski definition) is 3. The van der Waals surface area contributed by atoms with Gasteiger partial charge in [0.1, 0.15) is 11.8 Å². The quantitative estimate of drug-likeness (QED) is 0.511. The number of nitrogens with zero attached hydrogens (tertiary/aromatic N) is 1. The van der Waals surface area contributed by atoms with Crippen molar-refractivity contribution in [3.63, 3.8) is 0 Å². The Labute approximate surface area is 194 Å². The van der Waals surface area contributed by atoms with Crippen molar-refractivity contribution in [2.45, 2.75) is 59.2 Å². The molecule has 2 aromatic rings. The number of hydrogen-bond donors (Lipinski definition) is 1. The van der Waals surface area contributed by atoms with Gasteiger partial charge < -0.3 is 15.0 Å². The molecule has 7 heteroatoms. The molecule has 0 aliphatic rings. The van der Waals surface area contributed by atoms with E-state index in [-0.39, 0.29) is 31.0 Å². The third-order valence-corrected chi connectivity index (χ3v) is 5.85. The summed E-state index contributed by atoms with van der Waals surface area (Å²) in [7, 11) is 0. The molecule has 0 saturated carbocycles. The van der Waals surface area contributed by atoms with Crippen LogP contribution >= 0.6 is 23.2 Å². The molecule has 2 aromatic carbocycles. The van der Waals surface area contributed by atoms with Crippen molar-refractivity contribution in [1.29, 1.82) is 0 Å². The highest BCUT2D eigenvalue weighted by atomic mass is 35.5. The maximum atomic E-state index is 13.2. The maximum absolute atomic E-state index is 13.2. The van der Waals surface area contributed by atoms with Crippen molar-refractivity contribution in [2.75, 3.05) is 6.61 Å². The Balaban J connectivity index is 2.23. The van der Waals surface area contributed by atoms with E-state index in [9.17, 15) is 9.59 Å². The molecule has 0 saturated heterocycles. The first-order valence-electron chi connectivity index (χ1n) is 10.5. The molecular weight excluding hydrogens is 435 g/mol. The van der Waals surface area contributed by atoms with Crippen LogP contribution in [-0.4, -0.2) is 35.4 Å². The predicted molar refractivity (Wildman–Crippen MR) is 126 cm³/mol. The lowest BCUT2D eigenvalue weighted by Crippen LogP contribution is -2.51. The number of amides is 2. The summed E-state index contributed by atoms with van der Waals surface area (Å²) in [5.74, 6) is 0.143. The van der Waals surface area contributed by atoms with E-state index in [1.165, 1.54) is 0 Å². The van der Waals surface area contributed by atoms with Crippen LogP contribution in [0.2, 0.25) is 10.0 Å². The van der Waals surface area contributed by atoms with Crippen molar-refractivity contribution in [1.82, 2.24) is 10.2 Å². The van der Waals surface area contributed by atoms with Gasteiger partial charge in [-0.25, -0.2) is 0 Å². The van der Waals surface area contributed by atoms with E-state index >= 15 is 0 Å². The van der Waals surface area contributed by atoms with Gasteiger partial charge in [0.05, 0.1) is 10.0 Å². The van der Waals surface area contributed by atoms with Gasteiger partial charge >= 0.3 is 0 Å². The molecule has 0 unspecified atom stereocenters. The second-order valence-corrected chi connectivity index (χ2v) is 8.43. The summed E-state index contributed by atoms with van der Waals surface area (Å²) in [6, 6.07) is 12.1. The average Bonchev–Trinajstić information content (AvgIpc) is 2.75. The van der Waals surface area contributed by atoms with E-state index in [4.69, 9.17) is 27.9 Å². The zero-order valence-electron chi connectivity index (χ0n) is 18.5. The fourth-order valence-corrected chi connectivity index (χ4v) is 3.38. The number of ether oxygens (including phenoxy) is 1. The topological polar surface area (TPSA) is 58.6 Å². The van der Waals surface area contributed by atoms with Gasteiger partial charge in [-0.2, -0.15) is 0 Å². The number of carbonyl (C=O) groups is 2. The molecule has 168 valence electrons. The molecule has 2 atom stereocenters. The largest absolute Gasteiger partial charge is 0.484 e. The number of nitrogens with one attached hydrogen (secondary N) is 1. The third kappa shape index (κ3) is 7.44. The molecule has 0 radical (unpaired) electrons. The van der Waals surface area contributed by atoms with Crippen LogP contribution in [0.15, 0.2) is 42.5 Å². The van der Waals surface area contributed by atoms with Crippen LogP contribution < -0.4 is 10.1 Å². The smallest absolute Gasteiger partial charge is 0.261 e. The first kappa shape index (κ1) is 25.0. The van der Waals surface area contributed by atoms with Gasteiger partial charge in [0.25, 0.3) is 5.91 Å². The molecule has 0 aliphatic heterocycles. The highest BCUT2D eigenvalue weighted by Crippen LogP contribution is 2.24. The SMILES string of the molecule is CC[C@H](C(=O)N[C@@H](C)CC)N(Cc1ccc(Cl)c(Cl)c1)C(=O)COc1ccc(C)cc1. The lowest BCUT2D eigenvalue weighted by atomic mass is 10.1. The van der Waals surface area contributed by atoms with E-state index in [2.05, 4.69) is 5.32 Å². The highest BCUT2D eigenvalue weighted by Gasteiger charge is 2.29. The van der Waals surface area contributed by atoms with Gasteiger partial charge in [-0.05, 0) is 56.5 Å². The minimum Gasteiger partial charge on any atom is -0.484 e. The average molecular weight is 465 g/mol. The van der Waals surface area contributed by atoms with Crippen molar-refractivity contribution >= 4 is 35.0 Å². The van der Waals surface area contributed by atoms with Gasteiger partial charge in [0.15, 0.2) is 6.61 Å². The lowest BCUT2D eigenvalue weighted by molar-refractivity contribution is -0.143. The Bertz CT molecular complexity index is 887. The third-order valence-electron chi connectivity index (χ3n) is 5.11. The predicted octanol–water partition coefficient (Wildman–Crippen LogP) is 5.40. The summed E-state index contributed by atoms with van der Waals surface area (Å²) >= 11 is 12.2. The standard InChI is InChI=1S/C24H30Cl2N2O3/c1-5-17(4)27-24(30)22(6-2)28(14-18-9-12-20(25)21(26)13-18)23(29)15-31-19-10-7-16(3)8-11-19/h7-13,17,22H,5-6,14-15H2,1-4H3,(H,27,30)/t17-,22+/m0/s1. The van der Waals surface area contributed by atoms with Crippen LogP contribution in [0.1, 0.15) is 44.7 Å². The Morgan fingerprint density at radius 3 is 2.29 bits per heavy atom. The van der Waals surface area contributed by atoms with Gasteiger partial charge in [-0.1, -0.05) is 60.8 Å². The van der Waals surface area contributed by atoms with Crippen molar-refractivity contribution in [2.24, 2.45) is 0 Å². The highest BCUT2D eigenvalue weighted by molar-refractivity contribution is 6.42. The fraction of sp³-hybridized carbons (Fsp3) is 0.417. The molecule has 0 aliphatic carbocycles. The second-order valence-electron chi connectivity index (χ2n) is 7.61. The molecule has 31 heavy (non-hydrogen) atoms. The first-order chi connectivity index (χ1) is 14.7. The molecule has 5 nitrogen and oxygen atoms in total. The van der Waals surface area contributed by atoms with Crippen LogP contribution in [0.25, 0.3) is 0 Å². The zero-order valence-corrected chi connectivity index (χ0v) is 20.0. The van der Waals surface area contributed by atoms with E-state index < -0.39 is 6.04 Å². The van der Waals surface area contributed by atoms with Crippen molar-refractivity contribution < 1.29 is 14.3 Å². The number of rotatable bonds is 10. The lowest BCUT2D eigenvalue weighted by Gasteiger charge is -2.31. The summed E-state index contributed by atoms with van der Waals surface area (Å²) in [6.07, 6.45) is 1.28. The minimum atomic E-state index is -0.627. The van der Waals surface area contributed by atoms with Crippen LogP contribution in [0.5, 0.6) is 5.75 Å². The first-order valence-corrected chi connectivity index (χ1v) is 11.2. The molecule has 0 fully saturated rings. The number of carbonyl (C=O) groups excluding carboxylic acids is 2. The van der Waals surface area contributed by atoms with Crippen LogP contribution in [0, 0.1) is 6.92 Å². The van der Waals surface area contributed by atoms with Gasteiger partial charge in [0, 0.05) is 12.6 Å². The van der Waals surface area contributed by atoms with Crippen LogP contribution in [0.3, 0.4) is 0 Å². The van der Waals surface area contributed by atoms with E-state index in [1.807, 2.05) is 52.0 Å². The molecule has 2 amide bonds. The Kier molecular flexibility index (Phi) is 9.66. The van der Waals surface area contributed by atoms with E-state index in [1.54, 1.807) is 23.1 Å². The monoisotopic (exact) mass is 464 g/mol.